The molecule has 1 aliphatic rings. The summed E-state index contributed by atoms with van der Waals surface area (Å²) in [7, 11) is 0. The van der Waals surface area contributed by atoms with Crippen LogP contribution < -0.4 is 11.1 Å². The molecule has 0 bridgehead atoms. The minimum Gasteiger partial charge on any atom is -0.348 e. The predicted molar refractivity (Wildman–Crippen MR) is 70.3 cm³/mol. The highest BCUT2D eigenvalue weighted by Gasteiger charge is 2.35. The van der Waals surface area contributed by atoms with Gasteiger partial charge in [-0.2, -0.15) is 0 Å². The number of pyridine rings is 1. The number of amides is 1. The van der Waals surface area contributed by atoms with E-state index in [2.05, 4.69) is 10.3 Å². The van der Waals surface area contributed by atoms with Gasteiger partial charge in [0.25, 0.3) is 5.91 Å². The Labute approximate surface area is 105 Å². The maximum Gasteiger partial charge on any atom is 0.252 e. The molecule has 0 saturated heterocycles. The van der Waals surface area contributed by atoms with Crippen molar-refractivity contribution in [3.8, 4) is 0 Å². The lowest BCUT2D eigenvalue weighted by atomic mass is 10.1. The summed E-state index contributed by atoms with van der Waals surface area (Å²) in [5.74, 6) is -0.0605. The first-order valence-electron chi connectivity index (χ1n) is 6.08. The molecule has 92 valence electrons. The van der Waals surface area contributed by atoms with E-state index in [0.717, 1.165) is 23.0 Å². The summed E-state index contributed by atoms with van der Waals surface area (Å²) in [5.41, 5.74) is 8.08. The molecular formula is C14H15N3O. The van der Waals surface area contributed by atoms with Crippen LogP contribution in [0, 0.1) is 6.92 Å². The fourth-order valence-electron chi connectivity index (χ4n) is 2.12. The number of rotatable bonds is 2. The van der Waals surface area contributed by atoms with Gasteiger partial charge in [-0.1, -0.05) is 18.2 Å². The molecule has 4 heteroatoms. The molecule has 0 spiro atoms. The molecule has 1 amide bonds. The number of nitrogens with two attached hydrogens (primary N) is 1. The van der Waals surface area contributed by atoms with Crippen molar-refractivity contribution in [1.29, 1.82) is 0 Å². The molecule has 1 aromatic carbocycles. The average molecular weight is 241 g/mol. The largest absolute Gasteiger partial charge is 0.348 e. The first-order valence-corrected chi connectivity index (χ1v) is 6.08. The van der Waals surface area contributed by atoms with Crippen LogP contribution in [0.25, 0.3) is 10.9 Å². The second kappa shape index (κ2) is 4.07. The van der Waals surface area contributed by atoms with Gasteiger partial charge < -0.3 is 11.1 Å². The Kier molecular flexibility index (Phi) is 2.52. The lowest BCUT2D eigenvalue weighted by Crippen LogP contribution is -2.29. The number of carbonyl (C=O) groups is 1. The molecule has 3 N–H and O–H groups in total. The number of aryl methyl sites for hydroxylation is 1. The molecule has 3 rings (SSSR count). The summed E-state index contributed by atoms with van der Waals surface area (Å²) in [6.45, 7) is 1.89. The van der Waals surface area contributed by atoms with Crippen molar-refractivity contribution < 1.29 is 4.79 Å². The van der Waals surface area contributed by atoms with E-state index >= 15 is 0 Å². The highest BCUT2D eigenvalue weighted by atomic mass is 16.1. The summed E-state index contributed by atoms with van der Waals surface area (Å²) in [4.78, 5) is 16.6. The Morgan fingerprint density at radius 2 is 2.17 bits per heavy atom. The Morgan fingerprint density at radius 1 is 1.44 bits per heavy atom. The van der Waals surface area contributed by atoms with E-state index in [4.69, 9.17) is 5.73 Å². The van der Waals surface area contributed by atoms with Gasteiger partial charge in [0.05, 0.1) is 11.1 Å². The fraction of sp³-hybridized carbons (Fsp3) is 0.286. The van der Waals surface area contributed by atoms with Crippen LogP contribution in [0.2, 0.25) is 0 Å². The molecule has 1 fully saturated rings. The number of carbonyl (C=O) groups excluding carboxylic acids is 1. The SMILES string of the molecule is Cc1cc(C(=O)NC2CC2N)c2ccccc2n1. The van der Waals surface area contributed by atoms with Crippen LogP contribution in [0.4, 0.5) is 0 Å². The molecule has 1 heterocycles. The molecule has 1 aromatic heterocycles. The maximum absolute atomic E-state index is 12.2. The lowest BCUT2D eigenvalue weighted by molar-refractivity contribution is 0.0952. The normalized spacial score (nSPS) is 21.9. The Bertz CT molecular complexity index is 623. The van der Waals surface area contributed by atoms with E-state index in [9.17, 15) is 4.79 Å². The van der Waals surface area contributed by atoms with Gasteiger partial charge in [-0.15, -0.1) is 0 Å². The Hall–Kier alpha value is -1.94. The number of benzene rings is 1. The van der Waals surface area contributed by atoms with Gasteiger partial charge in [0.1, 0.15) is 0 Å². The zero-order valence-electron chi connectivity index (χ0n) is 10.2. The van der Waals surface area contributed by atoms with Crippen LogP contribution in [-0.2, 0) is 0 Å². The van der Waals surface area contributed by atoms with Gasteiger partial charge in [-0.05, 0) is 25.5 Å². The number of para-hydroxylation sites is 1. The molecule has 18 heavy (non-hydrogen) atoms. The number of hydrogen-bond acceptors (Lipinski definition) is 3. The second-order valence-corrected chi connectivity index (χ2v) is 4.81. The van der Waals surface area contributed by atoms with Crippen molar-refractivity contribution in [2.45, 2.75) is 25.4 Å². The zero-order valence-corrected chi connectivity index (χ0v) is 10.2. The number of nitrogens with one attached hydrogen (secondary N) is 1. The second-order valence-electron chi connectivity index (χ2n) is 4.81. The first kappa shape index (κ1) is 11.2. The summed E-state index contributed by atoms with van der Waals surface area (Å²) < 4.78 is 0. The molecule has 1 aliphatic carbocycles. The maximum atomic E-state index is 12.2. The van der Waals surface area contributed by atoms with E-state index in [-0.39, 0.29) is 18.0 Å². The van der Waals surface area contributed by atoms with Gasteiger partial charge in [-0.25, -0.2) is 0 Å². The third-order valence-corrected chi connectivity index (χ3v) is 3.25. The monoisotopic (exact) mass is 241 g/mol. The quantitative estimate of drug-likeness (QED) is 0.834. The van der Waals surface area contributed by atoms with E-state index in [1.54, 1.807) is 0 Å². The van der Waals surface area contributed by atoms with E-state index in [1.165, 1.54) is 0 Å². The summed E-state index contributed by atoms with van der Waals surface area (Å²) >= 11 is 0. The van der Waals surface area contributed by atoms with Crippen LogP contribution >= 0.6 is 0 Å². The van der Waals surface area contributed by atoms with Crippen LogP contribution in [0.3, 0.4) is 0 Å². The van der Waals surface area contributed by atoms with Crippen molar-refractivity contribution in [2.24, 2.45) is 5.73 Å². The Balaban J connectivity index is 2.01. The molecule has 0 aliphatic heterocycles. The molecule has 2 atom stereocenters. The van der Waals surface area contributed by atoms with Gasteiger partial charge in [0.15, 0.2) is 0 Å². The van der Waals surface area contributed by atoms with E-state index < -0.39 is 0 Å². The molecule has 4 nitrogen and oxygen atoms in total. The smallest absolute Gasteiger partial charge is 0.252 e. The van der Waals surface area contributed by atoms with Gasteiger partial charge in [0.2, 0.25) is 0 Å². The van der Waals surface area contributed by atoms with E-state index in [0.29, 0.717) is 5.56 Å². The minimum atomic E-state index is -0.0605. The molecule has 2 aromatic rings. The van der Waals surface area contributed by atoms with Gasteiger partial charge in [-0.3, -0.25) is 9.78 Å². The fourth-order valence-corrected chi connectivity index (χ4v) is 2.12. The van der Waals surface area contributed by atoms with Crippen molar-refractivity contribution in [3.05, 3.63) is 41.6 Å². The lowest BCUT2D eigenvalue weighted by Gasteiger charge is -2.08. The van der Waals surface area contributed by atoms with Crippen molar-refractivity contribution in [3.63, 3.8) is 0 Å². The van der Waals surface area contributed by atoms with Crippen molar-refractivity contribution >= 4 is 16.8 Å². The van der Waals surface area contributed by atoms with Crippen LogP contribution in [0.5, 0.6) is 0 Å². The number of hydrogen-bond donors (Lipinski definition) is 2. The number of nitrogens with zero attached hydrogens (tertiary/aromatic N) is 1. The topological polar surface area (TPSA) is 68.0 Å². The van der Waals surface area contributed by atoms with Gasteiger partial charge in [0, 0.05) is 23.2 Å². The number of aromatic nitrogens is 1. The minimum absolute atomic E-state index is 0.0605. The highest BCUT2D eigenvalue weighted by molar-refractivity contribution is 6.06. The molecule has 1 saturated carbocycles. The summed E-state index contributed by atoms with van der Waals surface area (Å²) in [6.07, 6.45) is 0.869. The molecule has 0 radical (unpaired) electrons. The first-order chi connectivity index (χ1) is 8.65. The van der Waals surface area contributed by atoms with Crippen molar-refractivity contribution in [1.82, 2.24) is 10.3 Å². The standard InChI is InChI=1S/C14H15N3O/c1-8-6-10(14(18)17-13-7-11(13)15)9-4-2-3-5-12(9)16-8/h2-6,11,13H,7,15H2,1H3,(H,17,18). The van der Waals surface area contributed by atoms with Crippen LogP contribution in [0.15, 0.2) is 30.3 Å². The predicted octanol–water partition coefficient (Wildman–Crippen LogP) is 1.37. The molecular weight excluding hydrogens is 226 g/mol. The summed E-state index contributed by atoms with van der Waals surface area (Å²) in [6, 6.07) is 9.75. The third-order valence-electron chi connectivity index (χ3n) is 3.25. The average Bonchev–Trinajstić information content (AvgIpc) is 3.03. The third kappa shape index (κ3) is 1.95. The highest BCUT2D eigenvalue weighted by Crippen LogP contribution is 2.21. The van der Waals surface area contributed by atoms with Gasteiger partial charge >= 0.3 is 0 Å². The van der Waals surface area contributed by atoms with Crippen molar-refractivity contribution in [2.75, 3.05) is 0 Å². The van der Waals surface area contributed by atoms with Crippen LogP contribution in [-0.4, -0.2) is 23.0 Å². The van der Waals surface area contributed by atoms with Crippen LogP contribution in [0.1, 0.15) is 22.5 Å². The summed E-state index contributed by atoms with van der Waals surface area (Å²) in [5, 5.41) is 3.83. The number of fused-ring (bicyclic) bond motifs is 1. The van der Waals surface area contributed by atoms with E-state index in [1.807, 2.05) is 37.3 Å². The molecule has 2 unspecified atom stereocenters. The zero-order chi connectivity index (χ0) is 12.7. The Morgan fingerprint density at radius 3 is 2.89 bits per heavy atom.